The van der Waals surface area contributed by atoms with Gasteiger partial charge in [0.2, 0.25) is 0 Å². The number of carbonyl (C=O) groups is 1. The molecule has 1 N–H and O–H groups in total. The zero-order valence-corrected chi connectivity index (χ0v) is 13.2. The third-order valence-corrected chi connectivity index (χ3v) is 2.84. The van der Waals surface area contributed by atoms with Gasteiger partial charge in [0.25, 0.3) is 0 Å². The summed E-state index contributed by atoms with van der Waals surface area (Å²) in [4.78, 5) is 11.8. The van der Waals surface area contributed by atoms with Crippen LogP contribution in [0.2, 0.25) is 0 Å². The van der Waals surface area contributed by atoms with E-state index in [1.165, 1.54) is 12.8 Å². The molecule has 0 radical (unpaired) electrons. The van der Waals surface area contributed by atoms with E-state index in [1.54, 1.807) is 0 Å². The van der Waals surface area contributed by atoms with Crippen molar-refractivity contribution in [3.8, 4) is 0 Å². The van der Waals surface area contributed by atoms with Gasteiger partial charge in [-0.3, -0.25) is 4.79 Å². The number of rotatable bonds is 11. The molecule has 0 aliphatic carbocycles. The summed E-state index contributed by atoms with van der Waals surface area (Å²) in [6.45, 7) is 12.0. The first-order valence-corrected chi connectivity index (χ1v) is 7.51. The van der Waals surface area contributed by atoms with Crippen molar-refractivity contribution in [3.05, 3.63) is 0 Å². The molecule has 0 heterocycles. The average molecular weight is 273 g/mol. The Morgan fingerprint density at radius 1 is 1.16 bits per heavy atom. The molecule has 4 heteroatoms. The number of esters is 1. The topological polar surface area (TPSA) is 47.6 Å². The summed E-state index contributed by atoms with van der Waals surface area (Å²) in [5, 5.41) is 3.22. The summed E-state index contributed by atoms with van der Waals surface area (Å²) >= 11 is 0. The Morgan fingerprint density at radius 3 is 2.37 bits per heavy atom. The van der Waals surface area contributed by atoms with Crippen LogP contribution < -0.4 is 5.32 Å². The molecule has 4 nitrogen and oxygen atoms in total. The maximum absolute atomic E-state index is 11.8. The fraction of sp³-hybridized carbons (Fsp3) is 0.933. The van der Waals surface area contributed by atoms with Gasteiger partial charge in [-0.1, -0.05) is 34.1 Å². The highest BCUT2D eigenvalue weighted by atomic mass is 16.5. The molecule has 2 unspecified atom stereocenters. The minimum absolute atomic E-state index is 0.179. The van der Waals surface area contributed by atoms with E-state index in [-0.39, 0.29) is 18.1 Å². The first-order valence-electron chi connectivity index (χ1n) is 7.51. The molecular formula is C15H31NO3. The Bertz CT molecular complexity index is 231. The number of nitrogens with one attached hydrogen (secondary N) is 1. The summed E-state index contributed by atoms with van der Waals surface area (Å²) in [7, 11) is 0. The molecule has 19 heavy (non-hydrogen) atoms. The van der Waals surface area contributed by atoms with Gasteiger partial charge in [-0.25, -0.2) is 0 Å². The van der Waals surface area contributed by atoms with Crippen molar-refractivity contribution in [3.63, 3.8) is 0 Å². The van der Waals surface area contributed by atoms with E-state index in [9.17, 15) is 4.79 Å². The third kappa shape index (κ3) is 9.91. The van der Waals surface area contributed by atoms with E-state index < -0.39 is 0 Å². The Morgan fingerprint density at radius 2 is 1.84 bits per heavy atom. The smallest absolute Gasteiger partial charge is 0.323 e. The van der Waals surface area contributed by atoms with Gasteiger partial charge in [0.15, 0.2) is 0 Å². The van der Waals surface area contributed by atoms with Gasteiger partial charge in [0.1, 0.15) is 6.04 Å². The van der Waals surface area contributed by atoms with Crippen molar-refractivity contribution in [1.29, 1.82) is 0 Å². The van der Waals surface area contributed by atoms with Crippen LogP contribution in [0.4, 0.5) is 0 Å². The zero-order valence-electron chi connectivity index (χ0n) is 13.2. The van der Waals surface area contributed by atoms with Gasteiger partial charge in [-0.2, -0.15) is 0 Å². The molecule has 0 aromatic rings. The van der Waals surface area contributed by atoms with Crippen LogP contribution in [0.15, 0.2) is 0 Å². The van der Waals surface area contributed by atoms with Crippen LogP contribution in [0, 0.1) is 5.92 Å². The number of hydrogen-bond acceptors (Lipinski definition) is 4. The molecule has 0 amide bonds. The fourth-order valence-corrected chi connectivity index (χ4v) is 1.98. The van der Waals surface area contributed by atoms with E-state index in [0.29, 0.717) is 25.6 Å². The van der Waals surface area contributed by atoms with Crippen LogP contribution in [-0.2, 0) is 14.3 Å². The zero-order chi connectivity index (χ0) is 14.7. The lowest BCUT2D eigenvalue weighted by atomic mass is 10.1. The van der Waals surface area contributed by atoms with Crippen molar-refractivity contribution in [2.24, 2.45) is 5.92 Å². The standard InChI is InChI=1S/C15H31NO3/c1-6-8-13(5)11-18-10-9-14(16-12(3)4)15(17)19-7-2/h12-14,16H,6-11H2,1-5H3. The molecule has 0 aliphatic rings. The maximum Gasteiger partial charge on any atom is 0.323 e. The summed E-state index contributed by atoms with van der Waals surface area (Å²) in [6, 6.07) is -0.00477. The highest BCUT2D eigenvalue weighted by Crippen LogP contribution is 2.06. The molecule has 0 aromatic carbocycles. The van der Waals surface area contributed by atoms with Crippen LogP contribution in [0.25, 0.3) is 0 Å². The lowest BCUT2D eigenvalue weighted by Crippen LogP contribution is -2.42. The average Bonchev–Trinajstić information content (AvgIpc) is 2.33. The second-order valence-corrected chi connectivity index (χ2v) is 5.38. The second-order valence-electron chi connectivity index (χ2n) is 5.38. The summed E-state index contributed by atoms with van der Waals surface area (Å²) < 4.78 is 10.7. The van der Waals surface area contributed by atoms with Crippen molar-refractivity contribution in [1.82, 2.24) is 5.32 Å². The van der Waals surface area contributed by atoms with Gasteiger partial charge in [-0.15, -0.1) is 0 Å². The predicted octanol–water partition coefficient (Wildman–Crippen LogP) is 2.76. The minimum Gasteiger partial charge on any atom is -0.465 e. The number of hydrogen-bond donors (Lipinski definition) is 1. The van der Waals surface area contributed by atoms with Crippen molar-refractivity contribution in [2.45, 2.75) is 66.0 Å². The third-order valence-electron chi connectivity index (χ3n) is 2.84. The quantitative estimate of drug-likeness (QED) is 0.464. The fourth-order valence-electron chi connectivity index (χ4n) is 1.98. The first kappa shape index (κ1) is 18.4. The SMILES string of the molecule is CCCC(C)COCCC(NC(C)C)C(=O)OCC. The van der Waals surface area contributed by atoms with Gasteiger partial charge < -0.3 is 14.8 Å². The molecule has 0 aromatic heterocycles. The largest absolute Gasteiger partial charge is 0.465 e. The Balaban J connectivity index is 3.95. The summed E-state index contributed by atoms with van der Waals surface area (Å²) in [6.07, 6.45) is 3.03. The number of carbonyl (C=O) groups excluding carboxylic acids is 1. The van der Waals surface area contributed by atoms with Crippen molar-refractivity contribution >= 4 is 5.97 Å². The Hall–Kier alpha value is -0.610. The molecule has 2 atom stereocenters. The maximum atomic E-state index is 11.8. The predicted molar refractivity (Wildman–Crippen MR) is 78.2 cm³/mol. The van der Waals surface area contributed by atoms with E-state index in [1.807, 2.05) is 20.8 Å². The molecule has 0 spiro atoms. The van der Waals surface area contributed by atoms with Gasteiger partial charge >= 0.3 is 5.97 Å². The van der Waals surface area contributed by atoms with Gasteiger partial charge in [0.05, 0.1) is 6.61 Å². The highest BCUT2D eigenvalue weighted by Gasteiger charge is 2.20. The van der Waals surface area contributed by atoms with Crippen molar-refractivity contribution in [2.75, 3.05) is 19.8 Å². The Kier molecular flexibility index (Phi) is 10.9. The van der Waals surface area contributed by atoms with Gasteiger partial charge in [-0.05, 0) is 25.7 Å². The first-order chi connectivity index (χ1) is 9.01. The van der Waals surface area contributed by atoms with Crippen LogP contribution in [0.3, 0.4) is 0 Å². The van der Waals surface area contributed by atoms with Crippen LogP contribution >= 0.6 is 0 Å². The molecule has 0 saturated heterocycles. The van der Waals surface area contributed by atoms with Crippen LogP contribution in [0.5, 0.6) is 0 Å². The molecule has 0 fully saturated rings. The van der Waals surface area contributed by atoms with Crippen molar-refractivity contribution < 1.29 is 14.3 Å². The van der Waals surface area contributed by atoms with E-state index in [4.69, 9.17) is 9.47 Å². The molecule has 114 valence electrons. The normalized spacial score (nSPS) is 14.4. The molecule has 0 saturated carbocycles. The molecule has 0 aliphatic heterocycles. The summed E-state index contributed by atoms with van der Waals surface area (Å²) in [5.41, 5.74) is 0. The van der Waals surface area contributed by atoms with Crippen LogP contribution in [0.1, 0.15) is 53.9 Å². The molecule has 0 rings (SSSR count). The highest BCUT2D eigenvalue weighted by molar-refractivity contribution is 5.75. The number of ether oxygens (including phenoxy) is 2. The molecule has 0 bridgehead atoms. The lowest BCUT2D eigenvalue weighted by Gasteiger charge is -2.20. The molecular weight excluding hydrogens is 242 g/mol. The summed E-state index contributed by atoms with van der Waals surface area (Å²) in [5.74, 6) is 0.408. The Labute approximate surface area is 118 Å². The second kappa shape index (κ2) is 11.2. The van der Waals surface area contributed by atoms with E-state index in [2.05, 4.69) is 19.2 Å². The van der Waals surface area contributed by atoms with Crippen LogP contribution in [-0.4, -0.2) is 37.9 Å². The van der Waals surface area contributed by atoms with Gasteiger partial charge in [0, 0.05) is 19.3 Å². The minimum atomic E-state index is -0.263. The van der Waals surface area contributed by atoms with E-state index in [0.717, 1.165) is 6.61 Å². The monoisotopic (exact) mass is 273 g/mol. The van der Waals surface area contributed by atoms with E-state index >= 15 is 0 Å². The lowest BCUT2D eigenvalue weighted by molar-refractivity contribution is -0.146.